The van der Waals surface area contributed by atoms with Gasteiger partial charge in [0.25, 0.3) is 5.91 Å². The van der Waals surface area contributed by atoms with Gasteiger partial charge in [0.1, 0.15) is 17.2 Å². The first kappa shape index (κ1) is 18.5. The fourth-order valence-corrected chi connectivity index (χ4v) is 3.57. The number of halogens is 2. The molecule has 4 rings (SSSR count). The van der Waals surface area contributed by atoms with Crippen LogP contribution in [0, 0.1) is 13.8 Å². The van der Waals surface area contributed by atoms with E-state index < -0.39 is 0 Å². The predicted octanol–water partition coefficient (Wildman–Crippen LogP) is 6.18. The zero-order valence-corrected chi connectivity index (χ0v) is 16.8. The van der Waals surface area contributed by atoms with E-state index in [0.29, 0.717) is 27.1 Å². The molecule has 0 aliphatic carbocycles. The second-order valence-corrected chi connectivity index (χ2v) is 7.59. The number of hydrogen-bond acceptors (Lipinski definition) is 2. The largest absolute Gasteiger partial charge is 0.306 e. The zero-order chi connectivity index (χ0) is 19.8. The third-order valence-corrected chi connectivity index (χ3v) is 4.90. The Kier molecular flexibility index (Phi) is 4.84. The lowest BCUT2D eigenvalue weighted by molar-refractivity contribution is 0.102. The second kappa shape index (κ2) is 7.30. The van der Waals surface area contributed by atoms with Crippen molar-refractivity contribution >= 4 is 40.6 Å². The number of hydrogen-bond donors (Lipinski definition) is 1. The SMILES string of the molecule is Cc1ccc(-c2nc3cc(C)ccn3c2NC(=O)c2cc(Cl)cc(Cl)c2)cc1. The fourth-order valence-electron chi connectivity index (χ4n) is 3.04. The van der Waals surface area contributed by atoms with Gasteiger partial charge in [-0.25, -0.2) is 4.98 Å². The molecule has 0 bridgehead atoms. The summed E-state index contributed by atoms with van der Waals surface area (Å²) in [4.78, 5) is 17.6. The average molecular weight is 410 g/mol. The van der Waals surface area contributed by atoms with Gasteiger partial charge in [-0.1, -0.05) is 53.0 Å². The van der Waals surface area contributed by atoms with Crippen LogP contribution in [-0.4, -0.2) is 15.3 Å². The summed E-state index contributed by atoms with van der Waals surface area (Å²) in [6.07, 6.45) is 1.90. The van der Waals surface area contributed by atoms with Gasteiger partial charge in [0.05, 0.1) is 0 Å². The Morgan fingerprint density at radius 1 is 0.929 bits per heavy atom. The molecular weight excluding hydrogens is 393 g/mol. The number of amides is 1. The van der Waals surface area contributed by atoms with Crippen molar-refractivity contribution in [1.82, 2.24) is 9.38 Å². The summed E-state index contributed by atoms with van der Waals surface area (Å²) in [6, 6.07) is 16.7. The topological polar surface area (TPSA) is 46.4 Å². The number of anilines is 1. The van der Waals surface area contributed by atoms with E-state index in [1.54, 1.807) is 18.2 Å². The van der Waals surface area contributed by atoms with E-state index in [-0.39, 0.29) is 5.91 Å². The minimum atomic E-state index is -0.305. The lowest BCUT2D eigenvalue weighted by Crippen LogP contribution is -2.14. The molecule has 1 amide bonds. The molecule has 0 aliphatic rings. The van der Waals surface area contributed by atoms with E-state index in [0.717, 1.165) is 22.3 Å². The first-order valence-electron chi connectivity index (χ1n) is 8.74. The maximum atomic E-state index is 12.9. The van der Waals surface area contributed by atoms with Crippen molar-refractivity contribution in [2.24, 2.45) is 0 Å². The second-order valence-electron chi connectivity index (χ2n) is 6.72. The normalized spacial score (nSPS) is 11.0. The number of aryl methyl sites for hydroxylation is 2. The molecule has 2 aromatic carbocycles. The quantitative estimate of drug-likeness (QED) is 0.439. The van der Waals surface area contributed by atoms with Crippen molar-refractivity contribution in [3.63, 3.8) is 0 Å². The molecule has 0 spiro atoms. The first-order chi connectivity index (χ1) is 13.4. The maximum absolute atomic E-state index is 12.9. The number of aromatic nitrogens is 2. The number of carbonyl (C=O) groups excluding carboxylic acids is 1. The number of benzene rings is 2. The van der Waals surface area contributed by atoms with Gasteiger partial charge in [-0.05, 0) is 49.7 Å². The van der Waals surface area contributed by atoms with E-state index in [2.05, 4.69) is 5.32 Å². The molecule has 4 nitrogen and oxygen atoms in total. The maximum Gasteiger partial charge on any atom is 0.256 e. The lowest BCUT2D eigenvalue weighted by atomic mass is 10.1. The van der Waals surface area contributed by atoms with Gasteiger partial charge in [0.2, 0.25) is 0 Å². The predicted molar refractivity (Wildman–Crippen MR) is 115 cm³/mol. The summed E-state index contributed by atoms with van der Waals surface area (Å²) in [7, 11) is 0. The molecule has 0 saturated heterocycles. The van der Waals surface area contributed by atoms with Crippen LogP contribution in [0.2, 0.25) is 10.0 Å². The highest BCUT2D eigenvalue weighted by Gasteiger charge is 2.18. The van der Waals surface area contributed by atoms with E-state index in [4.69, 9.17) is 28.2 Å². The molecule has 6 heteroatoms. The molecular formula is C22H17Cl2N3O. The molecule has 0 fully saturated rings. The number of nitrogens with one attached hydrogen (secondary N) is 1. The van der Waals surface area contributed by atoms with Gasteiger partial charge in [0, 0.05) is 27.4 Å². The highest BCUT2D eigenvalue weighted by atomic mass is 35.5. The molecule has 140 valence electrons. The summed E-state index contributed by atoms with van der Waals surface area (Å²) < 4.78 is 1.87. The van der Waals surface area contributed by atoms with Crippen molar-refractivity contribution in [3.05, 3.63) is 87.5 Å². The highest BCUT2D eigenvalue weighted by molar-refractivity contribution is 6.35. The molecule has 0 aliphatic heterocycles. The summed E-state index contributed by atoms with van der Waals surface area (Å²) in [5.41, 5.74) is 5.01. The van der Waals surface area contributed by atoms with Crippen LogP contribution in [0.1, 0.15) is 21.5 Å². The fraction of sp³-hybridized carbons (Fsp3) is 0.0909. The van der Waals surface area contributed by atoms with Crippen molar-refractivity contribution in [1.29, 1.82) is 0 Å². The number of fused-ring (bicyclic) bond motifs is 1. The van der Waals surface area contributed by atoms with Crippen molar-refractivity contribution < 1.29 is 4.79 Å². The Balaban J connectivity index is 1.83. The molecule has 0 atom stereocenters. The Morgan fingerprint density at radius 2 is 1.61 bits per heavy atom. The highest BCUT2D eigenvalue weighted by Crippen LogP contribution is 2.30. The van der Waals surface area contributed by atoms with Crippen LogP contribution < -0.4 is 5.32 Å². The molecule has 2 aromatic heterocycles. The number of nitrogens with zero attached hydrogens (tertiary/aromatic N) is 2. The number of imidazole rings is 1. The van der Waals surface area contributed by atoms with Gasteiger partial charge in [-0.3, -0.25) is 9.20 Å². The summed E-state index contributed by atoms with van der Waals surface area (Å²) >= 11 is 12.1. The molecule has 0 saturated carbocycles. The standard InChI is InChI=1S/C22H17Cl2N3O/c1-13-3-5-15(6-4-13)20-21(27-8-7-14(2)9-19(27)25-20)26-22(28)16-10-17(23)12-18(24)11-16/h3-12H,1-2H3,(H,26,28). The summed E-state index contributed by atoms with van der Waals surface area (Å²) in [5, 5.41) is 3.80. The lowest BCUT2D eigenvalue weighted by Gasteiger charge is -2.09. The monoisotopic (exact) mass is 409 g/mol. The average Bonchev–Trinajstić information content (AvgIpc) is 2.99. The smallest absolute Gasteiger partial charge is 0.256 e. The Labute approximate surface area is 172 Å². The van der Waals surface area contributed by atoms with Crippen LogP contribution in [0.15, 0.2) is 60.8 Å². The Bertz CT molecular complexity index is 1180. The van der Waals surface area contributed by atoms with Crippen LogP contribution >= 0.6 is 23.2 Å². The molecule has 0 radical (unpaired) electrons. The summed E-state index contributed by atoms with van der Waals surface area (Å²) in [6.45, 7) is 4.04. The van der Waals surface area contributed by atoms with E-state index in [1.165, 1.54) is 0 Å². The van der Waals surface area contributed by atoms with Gasteiger partial charge >= 0.3 is 0 Å². The Morgan fingerprint density at radius 3 is 2.29 bits per heavy atom. The van der Waals surface area contributed by atoms with E-state index >= 15 is 0 Å². The molecule has 4 aromatic rings. The third-order valence-electron chi connectivity index (χ3n) is 4.46. The zero-order valence-electron chi connectivity index (χ0n) is 15.3. The summed E-state index contributed by atoms with van der Waals surface area (Å²) in [5.74, 6) is 0.292. The van der Waals surface area contributed by atoms with Crippen LogP contribution in [-0.2, 0) is 0 Å². The molecule has 1 N–H and O–H groups in total. The van der Waals surface area contributed by atoms with E-state index in [1.807, 2.05) is 60.8 Å². The van der Waals surface area contributed by atoms with Crippen LogP contribution in [0.3, 0.4) is 0 Å². The minimum Gasteiger partial charge on any atom is -0.306 e. The number of pyridine rings is 1. The molecule has 28 heavy (non-hydrogen) atoms. The van der Waals surface area contributed by atoms with Crippen molar-refractivity contribution in [2.75, 3.05) is 5.32 Å². The molecule has 0 unspecified atom stereocenters. The third kappa shape index (κ3) is 3.61. The number of rotatable bonds is 3. The van der Waals surface area contributed by atoms with Gasteiger partial charge in [-0.15, -0.1) is 0 Å². The first-order valence-corrected chi connectivity index (χ1v) is 9.49. The van der Waals surface area contributed by atoms with Gasteiger partial charge < -0.3 is 5.32 Å². The van der Waals surface area contributed by atoms with E-state index in [9.17, 15) is 4.79 Å². The Hall–Kier alpha value is -2.82. The van der Waals surface area contributed by atoms with Crippen molar-refractivity contribution in [3.8, 4) is 11.3 Å². The van der Waals surface area contributed by atoms with Crippen molar-refractivity contribution in [2.45, 2.75) is 13.8 Å². The number of carbonyl (C=O) groups is 1. The van der Waals surface area contributed by atoms with Crippen LogP contribution in [0.25, 0.3) is 16.9 Å². The van der Waals surface area contributed by atoms with Gasteiger partial charge in [-0.2, -0.15) is 0 Å². The molecule has 2 heterocycles. The van der Waals surface area contributed by atoms with Gasteiger partial charge in [0.15, 0.2) is 0 Å². The van der Waals surface area contributed by atoms with Crippen LogP contribution in [0.5, 0.6) is 0 Å². The minimum absolute atomic E-state index is 0.305. The van der Waals surface area contributed by atoms with Crippen LogP contribution in [0.4, 0.5) is 5.82 Å².